The van der Waals surface area contributed by atoms with Crippen molar-refractivity contribution in [3.8, 4) is 0 Å². The Bertz CT molecular complexity index is 575. The number of hydrogen-bond donors (Lipinski definition) is 1. The molecular weight excluding hydrogens is 256 g/mol. The Labute approximate surface area is 117 Å². The highest BCUT2D eigenvalue weighted by atomic mass is 32.1. The summed E-state index contributed by atoms with van der Waals surface area (Å²) in [5.74, 6) is 2.48. The maximum Gasteiger partial charge on any atom is 0.136 e. The van der Waals surface area contributed by atoms with E-state index < -0.39 is 0 Å². The molecule has 1 fully saturated rings. The molecule has 1 saturated carbocycles. The zero-order chi connectivity index (χ0) is 13.2. The van der Waals surface area contributed by atoms with E-state index in [-0.39, 0.29) is 0 Å². The van der Waals surface area contributed by atoms with Gasteiger partial charge in [0.15, 0.2) is 0 Å². The Kier molecular flexibility index (Phi) is 3.46. The Morgan fingerprint density at radius 1 is 1.32 bits per heavy atom. The molecule has 100 valence electrons. The zero-order valence-electron chi connectivity index (χ0n) is 11.3. The summed E-state index contributed by atoms with van der Waals surface area (Å²) in [6.07, 6.45) is 3.25. The molecule has 0 radical (unpaired) electrons. The molecule has 1 aliphatic carbocycles. The third-order valence-electron chi connectivity index (χ3n) is 3.15. The standard InChI is InChI=1S/C14H18N4S/c1-3-15-13-7-12(10-4-5-10)17-14(18-13)6-11-8-19-9(2)16-11/h7-8,10H,3-6H2,1-2H3,(H,15,17,18). The van der Waals surface area contributed by atoms with Crippen LogP contribution in [0.1, 0.15) is 47.9 Å². The van der Waals surface area contributed by atoms with Crippen molar-refractivity contribution in [2.45, 2.75) is 39.0 Å². The van der Waals surface area contributed by atoms with Gasteiger partial charge in [0.1, 0.15) is 11.6 Å². The summed E-state index contributed by atoms with van der Waals surface area (Å²) in [5.41, 5.74) is 2.26. The van der Waals surface area contributed by atoms with Gasteiger partial charge in [0.25, 0.3) is 0 Å². The summed E-state index contributed by atoms with van der Waals surface area (Å²) < 4.78 is 0. The van der Waals surface area contributed by atoms with Crippen LogP contribution in [0.2, 0.25) is 0 Å². The molecule has 3 rings (SSSR count). The van der Waals surface area contributed by atoms with Crippen molar-refractivity contribution in [3.05, 3.63) is 33.7 Å². The lowest BCUT2D eigenvalue weighted by atomic mass is 10.2. The van der Waals surface area contributed by atoms with Gasteiger partial charge in [-0.2, -0.15) is 0 Å². The van der Waals surface area contributed by atoms with Gasteiger partial charge in [-0.05, 0) is 26.7 Å². The molecule has 0 saturated heterocycles. The predicted octanol–water partition coefficient (Wildman–Crippen LogP) is 3.14. The fourth-order valence-corrected chi connectivity index (χ4v) is 2.72. The minimum absolute atomic E-state index is 0.649. The number of aryl methyl sites for hydroxylation is 1. The van der Waals surface area contributed by atoms with Crippen molar-refractivity contribution in [2.75, 3.05) is 11.9 Å². The SMILES string of the molecule is CCNc1cc(C2CC2)nc(Cc2csc(C)n2)n1. The number of nitrogens with one attached hydrogen (secondary N) is 1. The van der Waals surface area contributed by atoms with Gasteiger partial charge >= 0.3 is 0 Å². The summed E-state index contributed by atoms with van der Waals surface area (Å²) in [7, 11) is 0. The van der Waals surface area contributed by atoms with Crippen LogP contribution < -0.4 is 5.32 Å². The maximum absolute atomic E-state index is 4.70. The molecule has 2 aromatic rings. The first-order chi connectivity index (χ1) is 9.24. The number of rotatable bonds is 5. The van der Waals surface area contributed by atoms with E-state index in [4.69, 9.17) is 4.98 Å². The van der Waals surface area contributed by atoms with Crippen molar-refractivity contribution >= 4 is 17.2 Å². The van der Waals surface area contributed by atoms with Crippen LogP contribution >= 0.6 is 11.3 Å². The van der Waals surface area contributed by atoms with Gasteiger partial charge in [0, 0.05) is 29.6 Å². The van der Waals surface area contributed by atoms with E-state index in [0.29, 0.717) is 5.92 Å². The molecule has 0 spiro atoms. The van der Waals surface area contributed by atoms with Crippen LogP contribution in [0.25, 0.3) is 0 Å². The van der Waals surface area contributed by atoms with Crippen LogP contribution in [0.15, 0.2) is 11.4 Å². The van der Waals surface area contributed by atoms with E-state index in [1.165, 1.54) is 18.5 Å². The number of aromatic nitrogens is 3. The highest BCUT2D eigenvalue weighted by Crippen LogP contribution is 2.39. The molecule has 4 nitrogen and oxygen atoms in total. The molecule has 2 heterocycles. The van der Waals surface area contributed by atoms with Crippen LogP contribution in [0.5, 0.6) is 0 Å². The third kappa shape index (κ3) is 3.10. The van der Waals surface area contributed by atoms with E-state index in [2.05, 4.69) is 33.7 Å². The maximum atomic E-state index is 4.70. The smallest absolute Gasteiger partial charge is 0.136 e. The normalized spacial score (nSPS) is 14.6. The van der Waals surface area contributed by atoms with Crippen LogP contribution in [0, 0.1) is 6.92 Å². The zero-order valence-corrected chi connectivity index (χ0v) is 12.1. The van der Waals surface area contributed by atoms with Gasteiger partial charge in [0.05, 0.1) is 17.1 Å². The Morgan fingerprint density at radius 3 is 2.79 bits per heavy atom. The summed E-state index contributed by atoms with van der Waals surface area (Å²) in [4.78, 5) is 13.8. The van der Waals surface area contributed by atoms with Crippen LogP contribution in [-0.4, -0.2) is 21.5 Å². The fourth-order valence-electron chi connectivity index (χ4n) is 2.11. The lowest BCUT2D eigenvalue weighted by Crippen LogP contribution is -2.06. The molecule has 0 aliphatic heterocycles. The molecule has 0 unspecified atom stereocenters. The second-order valence-corrected chi connectivity index (χ2v) is 6.00. The number of thiazole rings is 1. The van der Waals surface area contributed by atoms with Crippen LogP contribution in [0.3, 0.4) is 0 Å². The summed E-state index contributed by atoms with van der Waals surface area (Å²) in [5, 5.41) is 6.48. The predicted molar refractivity (Wildman–Crippen MR) is 77.8 cm³/mol. The topological polar surface area (TPSA) is 50.7 Å². The molecule has 0 bridgehead atoms. The number of anilines is 1. The van der Waals surface area contributed by atoms with Gasteiger partial charge in [-0.3, -0.25) is 0 Å². The lowest BCUT2D eigenvalue weighted by molar-refractivity contribution is 0.885. The van der Waals surface area contributed by atoms with Crippen molar-refractivity contribution in [1.29, 1.82) is 0 Å². The Morgan fingerprint density at radius 2 is 2.16 bits per heavy atom. The molecule has 1 N–H and O–H groups in total. The van der Waals surface area contributed by atoms with E-state index in [0.717, 1.165) is 35.3 Å². The minimum Gasteiger partial charge on any atom is -0.370 e. The molecule has 5 heteroatoms. The first-order valence-electron chi connectivity index (χ1n) is 6.77. The van der Waals surface area contributed by atoms with Crippen LogP contribution in [0.4, 0.5) is 5.82 Å². The molecule has 1 aliphatic rings. The first-order valence-corrected chi connectivity index (χ1v) is 7.65. The molecule has 0 aromatic carbocycles. The highest BCUT2D eigenvalue weighted by molar-refractivity contribution is 7.09. The summed E-state index contributed by atoms with van der Waals surface area (Å²) >= 11 is 1.68. The van der Waals surface area contributed by atoms with Crippen molar-refractivity contribution in [3.63, 3.8) is 0 Å². The lowest BCUT2D eigenvalue weighted by Gasteiger charge is -2.07. The summed E-state index contributed by atoms with van der Waals surface area (Å²) in [6.45, 7) is 5.00. The van der Waals surface area contributed by atoms with Crippen LogP contribution in [-0.2, 0) is 6.42 Å². The molecule has 19 heavy (non-hydrogen) atoms. The second-order valence-electron chi connectivity index (χ2n) is 4.93. The van der Waals surface area contributed by atoms with Crippen molar-refractivity contribution in [2.24, 2.45) is 0 Å². The van der Waals surface area contributed by atoms with E-state index >= 15 is 0 Å². The average molecular weight is 274 g/mol. The highest BCUT2D eigenvalue weighted by Gasteiger charge is 2.26. The Balaban J connectivity index is 1.86. The van der Waals surface area contributed by atoms with Gasteiger partial charge in [-0.1, -0.05) is 0 Å². The fraction of sp³-hybridized carbons (Fsp3) is 0.500. The minimum atomic E-state index is 0.649. The van der Waals surface area contributed by atoms with Gasteiger partial charge in [-0.25, -0.2) is 15.0 Å². The molecule has 2 aromatic heterocycles. The Hall–Kier alpha value is -1.49. The number of nitrogens with zero attached hydrogens (tertiary/aromatic N) is 3. The summed E-state index contributed by atoms with van der Waals surface area (Å²) in [6, 6.07) is 2.09. The van der Waals surface area contributed by atoms with Gasteiger partial charge in [0.2, 0.25) is 0 Å². The van der Waals surface area contributed by atoms with E-state index in [1.54, 1.807) is 11.3 Å². The van der Waals surface area contributed by atoms with Crippen molar-refractivity contribution in [1.82, 2.24) is 15.0 Å². The third-order valence-corrected chi connectivity index (χ3v) is 3.97. The molecule has 0 amide bonds. The molecule has 0 atom stereocenters. The average Bonchev–Trinajstić information content (AvgIpc) is 3.14. The quantitative estimate of drug-likeness (QED) is 0.910. The monoisotopic (exact) mass is 274 g/mol. The number of hydrogen-bond acceptors (Lipinski definition) is 5. The van der Waals surface area contributed by atoms with E-state index in [9.17, 15) is 0 Å². The van der Waals surface area contributed by atoms with E-state index in [1.807, 2.05) is 6.92 Å². The molecular formula is C14H18N4S. The van der Waals surface area contributed by atoms with Crippen molar-refractivity contribution < 1.29 is 0 Å². The van der Waals surface area contributed by atoms with Gasteiger partial charge < -0.3 is 5.32 Å². The van der Waals surface area contributed by atoms with Gasteiger partial charge in [-0.15, -0.1) is 11.3 Å². The largest absolute Gasteiger partial charge is 0.370 e. The first kappa shape index (κ1) is 12.5. The second kappa shape index (κ2) is 5.25.